The van der Waals surface area contributed by atoms with E-state index in [1.807, 2.05) is 4.90 Å². The van der Waals surface area contributed by atoms with Gasteiger partial charge >= 0.3 is 5.97 Å². The minimum absolute atomic E-state index is 0.123. The number of benzene rings is 1. The number of anilines is 1. The first kappa shape index (κ1) is 17.1. The molecular weight excluding hydrogens is 350 g/mol. The summed E-state index contributed by atoms with van der Waals surface area (Å²) in [5.74, 6) is 0.694. The van der Waals surface area contributed by atoms with Gasteiger partial charge in [-0.1, -0.05) is 0 Å². The first-order valence-corrected chi connectivity index (χ1v) is 8.68. The summed E-state index contributed by atoms with van der Waals surface area (Å²) in [5, 5.41) is 9.66. The molecule has 0 bridgehead atoms. The molecule has 0 amide bonds. The Morgan fingerprint density at radius 1 is 1.33 bits per heavy atom. The Kier molecular flexibility index (Phi) is 4.31. The van der Waals surface area contributed by atoms with E-state index in [1.54, 1.807) is 31.5 Å². The molecule has 0 atom stereocenters. The first-order valence-electron chi connectivity index (χ1n) is 8.68. The predicted molar refractivity (Wildman–Crippen MR) is 99.2 cm³/mol. The van der Waals surface area contributed by atoms with E-state index in [4.69, 9.17) is 14.3 Å². The smallest absolute Gasteiger partial charge is 0.306 e. The van der Waals surface area contributed by atoms with Crippen molar-refractivity contribution in [3.05, 3.63) is 41.0 Å². The van der Waals surface area contributed by atoms with Gasteiger partial charge in [-0.3, -0.25) is 9.59 Å². The number of nitrogens with zero attached hydrogens (tertiary/aromatic N) is 2. The fourth-order valence-corrected chi connectivity index (χ4v) is 3.51. The molecule has 0 saturated carbocycles. The highest BCUT2D eigenvalue weighted by Gasteiger charge is 2.25. The Morgan fingerprint density at radius 3 is 2.74 bits per heavy atom. The fourth-order valence-electron chi connectivity index (χ4n) is 3.51. The predicted octanol–water partition coefficient (Wildman–Crippen LogP) is 2.49. The van der Waals surface area contributed by atoms with Crippen LogP contribution in [0, 0.1) is 5.92 Å². The minimum atomic E-state index is -0.758. The SMILES string of the molecule is COc1cc2[nH]c(N3CCC(C(=O)O)CC3)cc(=O)c2cc1-c1cnco1. The van der Waals surface area contributed by atoms with Gasteiger partial charge in [0.1, 0.15) is 11.6 Å². The van der Waals surface area contributed by atoms with Crippen molar-refractivity contribution < 1.29 is 19.1 Å². The van der Waals surface area contributed by atoms with E-state index >= 15 is 0 Å². The lowest BCUT2D eigenvalue weighted by atomic mass is 9.97. The van der Waals surface area contributed by atoms with Crippen molar-refractivity contribution in [1.29, 1.82) is 0 Å². The number of aromatic amines is 1. The number of aromatic nitrogens is 2. The molecule has 4 rings (SSSR count). The van der Waals surface area contributed by atoms with Crippen molar-refractivity contribution in [2.75, 3.05) is 25.1 Å². The molecule has 27 heavy (non-hydrogen) atoms. The second kappa shape index (κ2) is 6.79. The van der Waals surface area contributed by atoms with Crippen LogP contribution >= 0.6 is 0 Å². The van der Waals surface area contributed by atoms with Crippen LogP contribution in [-0.4, -0.2) is 41.2 Å². The van der Waals surface area contributed by atoms with Gasteiger partial charge in [-0.15, -0.1) is 0 Å². The van der Waals surface area contributed by atoms with Gasteiger partial charge in [-0.25, -0.2) is 4.98 Å². The van der Waals surface area contributed by atoms with Crippen LogP contribution in [0.15, 0.2) is 40.0 Å². The number of oxazole rings is 1. The molecule has 3 aromatic rings. The monoisotopic (exact) mass is 369 g/mol. The van der Waals surface area contributed by atoms with Crippen LogP contribution in [0.2, 0.25) is 0 Å². The van der Waals surface area contributed by atoms with E-state index in [-0.39, 0.29) is 11.3 Å². The number of ether oxygens (including phenoxy) is 1. The summed E-state index contributed by atoms with van der Waals surface area (Å²) in [5.41, 5.74) is 1.18. The molecule has 1 saturated heterocycles. The lowest BCUT2D eigenvalue weighted by Crippen LogP contribution is -2.37. The zero-order valence-corrected chi connectivity index (χ0v) is 14.8. The summed E-state index contributed by atoms with van der Waals surface area (Å²) in [6, 6.07) is 5.05. The molecule has 1 aromatic carbocycles. The maximum Gasteiger partial charge on any atom is 0.306 e. The van der Waals surface area contributed by atoms with Crippen LogP contribution in [0.25, 0.3) is 22.2 Å². The molecule has 3 heterocycles. The molecule has 2 N–H and O–H groups in total. The van der Waals surface area contributed by atoms with Crippen molar-refractivity contribution in [2.24, 2.45) is 5.92 Å². The number of carboxylic acids is 1. The zero-order chi connectivity index (χ0) is 19.0. The number of pyridine rings is 1. The zero-order valence-electron chi connectivity index (χ0n) is 14.8. The molecule has 0 unspecified atom stereocenters. The highest BCUT2D eigenvalue weighted by molar-refractivity contribution is 5.88. The first-order chi connectivity index (χ1) is 13.1. The van der Waals surface area contributed by atoms with Gasteiger partial charge in [0.05, 0.1) is 30.3 Å². The molecule has 1 fully saturated rings. The Morgan fingerprint density at radius 2 is 2.11 bits per heavy atom. The number of rotatable bonds is 4. The Bertz CT molecular complexity index is 1030. The van der Waals surface area contributed by atoms with Gasteiger partial charge < -0.3 is 24.1 Å². The fraction of sp³-hybridized carbons (Fsp3) is 0.316. The lowest BCUT2D eigenvalue weighted by molar-refractivity contribution is -0.142. The van der Waals surface area contributed by atoms with Crippen LogP contribution in [0.4, 0.5) is 5.82 Å². The highest BCUT2D eigenvalue weighted by Crippen LogP contribution is 2.33. The largest absolute Gasteiger partial charge is 0.496 e. The molecule has 0 aliphatic carbocycles. The third-order valence-electron chi connectivity index (χ3n) is 5.02. The number of carbonyl (C=O) groups is 1. The summed E-state index contributed by atoms with van der Waals surface area (Å²) < 4.78 is 10.8. The molecule has 140 valence electrons. The maximum absolute atomic E-state index is 12.7. The van der Waals surface area contributed by atoms with E-state index in [9.17, 15) is 9.59 Å². The van der Waals surface area contributed by atoms with E-state index < -0.39 is 5.97 Å². The number of hydrogen-bond acceptors (Lipinski definition) is 6. The summed E-state index contributed by atoms with van der Waals surface area (Å²) in [4.78, 5) is 33.0. The van der Waals surface area contributed by atoms with Crippen molar-refractivity contribution >= 4 is 22.7 Å². The van der Waals surface area contributed by atoms with Gasteiger partial charge in [-0.05, 0) is 18.9 Å². The third-order valence-corrected chi connectivity index (χ3v) is 5.02. The van der Waals surface area contributed by atoms with E-state index in [1.165, 1.54) is 6.39 Å². The summed E-state index contributed by atoms with van der Waals surface area (Å²) in [7, 11) is 1.56. The molecule has 8 nitrogen and oxygen atoms in total. The molecule has 8 heteroatoms. The molecule has 1 aliphatic heterocycles. The average molecular weight is 369 g/mol. The Labute approximate surface area is 154 Å². The lowest BCUT2D eigenvalue weighted by Gasteiger charge is -2.31. The number of methoxy groups -OCH3 is 1. The van der Waals surface area contributed by atoms with Crippen molar-refractivity contribution in [1.82, 2.24) is 9.97 Å². The van der Waals surface area contributed by atoms with E-state index in [2.05, 4.69) is 9.97 Å². The van der Waals surface area contributed by atoms with Crippen LogP contribution < -0.4 is 15.1 Å². The molecule has 0 radical (unpaired) electrons. The Balaban J connectivity index is 1.73. The van der Waals surface area contributed by atoms with Crippen LogP contribution in [-0.2, 0) is 4.79 Å². The number of nitrogens with one attached hydrogen (secondary N) is 1. The standard InChI is InChI=1S/C19H19N3O5/c1-26-16-7-14-12(6-13(16)17-9-20-10-27-17)15(23)8-18(21-14)22-4-2-11(3-5-22)19(24)25/h6-11H,2-5H2,1H3,(H,21,23)(H,24,25). The van der Waals surface area contributed by atoms with Gasteiger partial charge in [0.15, 0.2) is 17.6 Å². The molecular formula is C19H19N3O5. The van der Waals surface area contributed by atoms with Gasteiger partial charge in [-0.2, -0.15) is 0 Å². The number of piperidine rings is 1. The molecule has 0 spiro atoms. The number of carboxylic acid groups (broad SMARTS) is 1. The molecule has 2 aromatic heterocycles. The third kappa shape index (κ3) is 3.14. The van der Waals surface area contributed by atoms with Crippen molar-refractivity contribution in [3.63, 3.8) is 0 Å². The number of H-pyrrole nitrogens is 1. The topological polar surface area (TPSA) is 109 Å². The van der Waals surface area contributed by atoms with Crippen molar-refractivity contribution in [3.8, 4) is 17.1 Å². The second-order valence-electron chi connectivity index (χ2n) is 6.58. The summed E-state index contributed by atoms with van der Waals surface area (Å²) >= 11 is 0. The Hall–Kier alpha value is -3.29. The summed E-state index contributed by atoms with van der Waals surface area (Å²) in [6.07, 6.45) is 4.01. The van der Waals surface area contributed by atoms with Crippen molar-refractivity contribution in [2.45, 2.75) is 12.8 Å². The van der Waals surface area contributed by atoms with Gasteiger partial charge in [0, 0.05) is 30.6 Å². The van der Waals surface area contributed by atoms with Gasteiger partial charge in [0.2, 0.25) is 0 Å². The van der Waals surface area contributed by atoms with Crippen LogP contribution in [0.5, 0.6) is 5.75 Å². The number of aliphatic carboxylic acids is 1. The number of hydrogen-bond donors (Lipinski definition) is 2. The minimum Gasteiger partial charge on any atom is -0.496 e. The van der Waals surface area contributed by atoms with E-state index in [0.29, 0.717) is 59.7 Å². The average Bonchev–Trinajstić information content (AvgIpc) is 3.21. The number of fused-ring (bicyclic) bond motifs is 1. The normalized spacial score (nSPS) is 15.2. The maximum atomic E-state index is 12.7. The quantitative estimate of drug-likeness (QED) is 0.727. The van der Waals surface area contributed by atoms with Crippen LogP contribution in [0.1, 0.15) is 12.8 Å². The van der Waals surface area contributed by atoms with E-state index in [0.717, 1.165) is 0 Å². The summed E-state index contributed by atoms with van der Waals surface area (Å²) in [6.45, 7) is 1.18. The highest BCUT2D eigenvalue weighted by atomic mass is 16.5. The molecule has 1 aliphatic rings. The second-order valence-corrected chi connectivity index (χ2v) is 6.58. The van der Waals surface area contributed by atoms with Crippen LogP contribution in [0.3, 0.4) is 0 Å². The van der Waals surface area contributed by atoms with Gasteiger partial charge in [0.25, 0.3) is 0 Å².